The maximum atomic E-state index is 11.5. The van der Waals surface area contributed by atoms with Crippen molar-refractivity contribution in [3.8, 4) is 0 Å². The minimum Gasteiger partial charge on any atom is -0.444 e. The highest BCUT2D eigenvalue weighted by molar-refractivity contribution is 5.68. The Balaban J connectivity index is 2.19. The van der Waals surface area contributed by atoms with Crippen LogP contribution in [0.2, 0.25) is 0 Å². The lowest BCUT2D eigenvalue weighted by molar-refractivity contribution is 0.0460. The normalized spacial score (nSPS) is 25.1. The molecule has 0 aromatic heterocycles. The summed E-state index contributed by atoms with van der Waals surface area (Å²) >= 11 is 0. The Bertz CT molecular complexity index is 270. The van der Waals surface area contributed by atoms with Gasteiger partial charge in [0.1, 0.15) is 5.60 Å². The zero-order valence-corrected chi connectivity index (χ0v) is 11.9. The van der Waals surface area contributed by atoms with Gasteiger partial charge in [-0.1, -0.05) is 0 Å². The summed E-state index contributed by atoms with van der Waals surface area (Å²) in [5.74, 6) is 0. The number of amides is 1. The van der Waals surface area contributed by atoms with Gasteiger partial charge in [-0.25, -0.2) is 4.79 Å². The van der Waals surface area contributed by atoms with Crippen LogP contribution in [0.1, 0.15) is 54.4 Å². The van der Waals surface area contributed by atoms with Crippen LogP contribution < -0.4 is 10.6 Å². The predicted octanol–water partition coefficient (Wildman–Crippen LogP) is 2.43. The van der Waals surface area contributed by atoms with Crippen LogP contribution in [-0.4, -0.2) is 29.3 Å². The van der Waals surface area contributed by atoms with Crippen molar-refractivity contribution in [2.45, 2.75) is 77.6 Å². The maximum Gasteiger partial charge on any atom is 0.407 e. The third-order valence-corrected chi connectivity index (χ3v) is 2.50. The average molecular weight is 242 g/mol. The largest absolute Gasteiger partial charge is 0.444 e. The molecule has 0 aromatic rings. The molecule has 4 nitrogen and oxygen atoms in total. The summed E-state index contributed by atoms with van der Waals surface area (Å²) in [6.45, 7) is 12.1. The van der Waals surface area contributed by atoms with Crippen molar-refractivity contribution >= 4 is 6.09 Å². The molecular weight excluding hydrogens is 216 g/mol. The summed E-state index contributed by atoms with van der Waals surface area (Å²) < 4.78 is 5.21. The van der Waals surface area contributed by atoms with Crippen LogP contribution in [-0.2, 0) is 4.74 Å². The third-order valence-electron chi connectivity index (χ3n) is 2.50. The first-order chi connectivity index (χ1) is 7.55. The van der Waals surface area contributed by atoms with Gasteiger partial charge in [-0.05, 0) is 54.4 Å². The van der Waals surface area contributed by atoms with Crippen molar-refractivity contribution in [2.24, 2.45) is 0 Å². The van der Waals surface area contributed by atoms with E-state index in [4.69, 9.17) is 4.74 Å². The molecule has 1 fully saturated rings. The number of nitrogens with one attached hydrogen (secondary N) is 2. The van der Waals surface area contributed by atoms with E-state index in [9.17, 15) is 4.79 Å². The molecule has 1 amide bonds. The molecule has 0 bridgehead atoms. The molecule has 0 spiro atoms. The van der Waals surface area contributed by atoms with E-state index in [1.165, 1.54) is 0 Å². The van der Waals surface area contributed by atoms with Gasteiger partial charge in [0.15, 0.2) is 0 Å². The van der Waals surface area contributed by atoms with Gasteiger partial charge in [0.05, 0.1) is 0 Å². The molecule has 1 rings (SSSR count). The molecule has 17 heavy (non-hydrogen) atoms. The van der Waals surface area contributed by atoms with Crippen molar-refractivity contribution in [1.29, 1.82) is 0 Å². The van der Waals surface area contributed by atoms with Crippen LogP contribution in [0.3, 0.4) is 0 Å². The summed E-state index contributed by atoms with van der Waals surface area (Å²) in [6, 6.07) is 0.764. The summed E-state index contributed by atoms with van der Waals surface area (Å²) in [5.41, 5.74) is -0.279. The second kappa shape index (κ2) is 4.84. The number of carbonyl (C=O) groups is 1. The Kier molecular flexibility index (Phi) is 4.07. The number of hydrogen-bond acceptors (Lipinski definition) is 3. The second-order valence-electron chi connectivity index (χ2n) is 6.91. The Labute approximate surface area is 104 Å². The van der Waals surface area contributed by atoms with Crippen molar-refractivity contribution in [3.05, 3.63) is 0 Å². The molecule has 0 aromatic carbocycles. The highest BCUT2D eigenvalue weighted by Crippen LogP contribution is 2.22. The highest BCUT2D eigenvalue weighted by Gasteiger charge is 2.33. The lowest BCUT2D eigenvalue weighted by Gasteiger charge is -2.40. The van der Waals surface area contributed by atoms with E-state index < -0.39 is 5.60 Å². The number of ether oxygens (including phenoxy) is 1. The lowest BCUT2D eigenvalue weighted by atomic mass is 9.85. The SMILES string of the molecule is CC(C)(C)NC1CC(NC(=O)OC(C)(C)C)C1. The van der Waals surface area contributed by atoms with Crippen molar-refractivity contribution in [3.63, 3.8) is 0 Å². The number of carbonyl (C=O) groups excluding carboxylic acids is 1. The van der Waals surface area contributed by atoms with Gasteiger partial charge in [0.25, 0.3) is 0 Å². The third kappa shape index (κ3) is 5.91. The van der Waals surface area contributed by atoms with Crippen LogP contribution in [0.15, 0.2) is 0 Å². The average Bonchev–Trinajstić information content (AvgIpc) is 1.93. The van der Waals surface area contributed by atoms with E-state index in [-0.39, 0.29) is 17.7 Å². The second-order valence-corrected chi connectivity index (χ2v) is 6.91. The first kappa shape index (κ1) is 14.3. The van der Waals surface area contributed by atoms with Crippen LogP contribution in [0, 0.1) is 0 Å². The summed E-state index contributed by atoms with van der Waals surface area (Å²) in [4.78, 5) is 11.5. The van der Waals surface area contributed by atoms with E-state index >= 15 is 0 Å². The molecular formula is C13H26N2O2. The molecule has 0 radical (unpaired) electrons. The molecule has 1 aliphatic rings. The molecule has 0 aliphatic heterocycles. The fourth-order valence-corrected chi connectivity index (χ4v) is 1.94. The smallest absolute Gasteiger partial charge is 0.407 e. The monoisotopic (exact) mass is 242 g/mol. The molecule has 1 saturated carbocycles. The van der Waals surface area contributed by atoms with E-state index in [0.717, 1.165) is 12.8 Å². The quantitative estimate of drug-likeness (QED) is 0.782. The first-order valence-electron chi connectivity index (χ1n) is 6.32. The summed E-state index contributed by atoms with van der Waals surface area (Å²) in [7, 11) is 0. The van der Waals surface area contributed by atoms with Crippen LogP contribution in [0.25, 0.3) is 0 Å². The molecule has 2 N–H and O–H groups in total. The van der Waals surface area contributed by atoms with Gasteiger partial charge in [-0.2, -0.15) is 0 Å². The molecule has 0 heterocycles. The molecule has 4 heteroatoms. The summed E-state index contributed by atoms with van der Waals surface area (Å²) in [5, 5.41) is 6.40. The molecule has 0 atom stereocenters. The molecule has 1 aliphatic carbocycles. The minimum atomic E-state index is -0.420. The molecule has 0 saturated heterocycles. The number of alkyl carbamates (subject to hydrolysis) is 1. The van der Waals surface area contributed by atoms with E-state index in [2.05, 4.69) is 31.4 Å². The Morgan fingerprint density at radius 2 is 1.59 bits per heavy atom. The summed E-state index contributed by atoms with van der Waals surface area (Å²) in [6.07, 6.45) is 1.66. The van der Waals surface area contributed by atoms with Crippen LogP contribution in [0.4, 0.5) is 4.79 Å². The fraction of sp³-hybridized carbons (Fsp3) is 0.923. The van der Waals surface area contributed by atoms with Gasteiger partial charge in [-0.15, -0.1) is 0 Å². The van der Waals surface area contributed by atoms with Crippen molar-refractivity contribution < 1.29 is 9.53 Å². The first-order valence-corrected chi connectivity index (χ1v) is 6.32. The van der Waals surface area contributed by atoms with Gasteiger partial charge in [0, 0.05) is 17.6 Å². The van der Waals surface area contributed by atoms with Crippen molar-refractivity contribution in [1.82, 2.24) is 10.6 Å². The zero-order chi connectivity index (χ0) is 13.3. The fourth-order valence-electron chi connectivity index (χ4n) is 1.94. The Morgan fingerprint density at radius 1 is 1.06 bits per heavy atom. The number of rotatable bonds is 2. The van der Waals surface area contributed by atoms with E-state index in [1.54, 1.807) is 0 Å². The van der Waals surface area contributed by atoms with Gasteiger partial charge >= 0.3 is 6.09 Å². The van der Waals surface area contributed by atoms with Gasteiger partial charge in [0.2, 0.25) is 0 Å². The maximum absolute atomic E-state index is 11.5. The lowest BCUT2D eigenvalue weighted by Crippen LogP contribution is -2.57. The van der Waals surface area contributed by atoms with E-state index in [1.807, 2.05) is 20.8 Å². The topological polar surface area (TPSA) is 50.4 Å². The standard InChI is InChI=1S/C13H26N2O2/c1-12(2,3)15-10-7-9(8-10)14-11(16)17-13(4,5)6/h9-10,15H,7-8H2,1-6H3,(H,14,16). The molecule has 0 unspecified atom stereocenters. The minimum absolute atomic E-state index is 0.140. The Morgan fingerprint density at radius 3 is 2.00 bits per heavy atom. The number of hydrogen-bond donors (Lipinski definition) is 2. The van der Waals surface area contributed by atoms with Gasteiger partial charge < -0.3 is 15.4 Å². The van der Waals surface area contributed by atoms with Gasteiger partial charge in [-0.3, -0.25) is 0 Å². The van der Waals surface area contributed by atoms with E-state index in [0.29, 0.717) is 6.04 Å². The zero-order valence-electron chi connectivity index (χ0n) is 11.9. The Hall–Kier alpha value is -0.770. The van der Waals surface area contributed by atoms with Crippen molar-refractivity contribution in [2.75, 3.05) is 0 Å². The van der Waals surface area contributed by atoms with Crippen LogP contribution in [0.5, 0.6) is 0 Å². The highest BCUT2D eigenvalue weighted by atomic mass is 16.6. The predicted molar refractivity (Wildman–Crippen MR) is 69.1 cm³/mol. The molecule has 100 valence electrons. The van der Waals surface area contributed by atoms with Crippen LogP contribution >= 0.6 is 0 Å².